The van der Waals surface area contributed by atoms with Crippen LogP contribution in [-0.4, -0.2) is 30.0 Å². The summed E-state index contributed by atoms with van der Waals surface area (Å²) in [6.45, 7) is -0.125. The highest BCUT2D eigenvalue weighted by Crippen LogP contribution is 2.16. The predicted octanol–water partition coefficient (Wildman–Crippen LogP) is 0.198. The largest absolute Gasteiger partial charge is 0.378 e. The molecule has 116 valence electrons. The molecule has 0 aliphatic rings. The second-order valence-electron chi connectivity index (χ2n) is 4.84. The summed E-state index contributed by atoms with van der Waals surface area (Å²) in [5, 5.41) is 2.43. The number of nitrogens with zero attached hydrogens (tertiary/aromatic N) is 1. The molecule has 2 rings (SSSR count). The van der Waals surface area contributed by atoms with Crippen LogP contribution in [0.15, 0.2) is 34.0 Å². The number of anilines is 1. The summed E-state index contributed by atoms with van der Waals surface area (Å²) in [4.78, 5) is 40.3. The minimum absolute atomic E-state index is 0.119. The Balaban J connectivity index is 2.12. The van der Waals surface area contributed by atoms with Crippen molar-refractivity contribution >= 4 is 11.6 Å². The number of nitrogens with one attached hydrogen (secondary N) is 3. The highest BCUT2D eigenvalue weighted by Gasteiger charge is 2.13. The van der Waals surface area contributed by atoms with E-state index in [-0.39, 0.29) is 17.7 Å². The van der Waals surface area contributed by atoms with Gasteiger partial charge in [0.15, 0.2) is 0 Å². The molecule has 1 amide bonds. The van der Waals surface area contributed by atoms with Gasteiger partial charge in [0.1, 0.15) is 5.82 Å². The average Bonchev–Trinajstić information content (AvgIpc) is 2.45. The number of aromatic nitrogens is 2. The quantitative estimate of drug-likeness (QED) is 0.751. The Kier molecular flexibility index (Phi) is 4.40. The zero-order chi connectivity index (χ0) is 16.3. The van der Waals surface area contributed by atoms with Gasteiger partial charge >= 0.3 is 5.69 Å². The molecule has 0 fully saturated rings. The number of carbonyl (C=O) groups is 1. The molecule has 0 saturated heterocycles. The number of hydrogen-bond acceptors (Lipinski definition) is 4. The maximum Gasteiger partial charge on any atom is 0.325 e. The van der Waals surface area contributed by atoms with Crippen LogP contribution < -0.4 is 21.5 Å². The highest BCUT2D eigenvalue weighted by molar-refractivity contribution is 5.94. The van der Waals surface area contributed by atoms with Gasteiger partial charge < -0.3 is 15.2 Å². The highest BCUT2D eigenvalue weighted by atomic mass is 19.1. The molecule has 8 heteroatoms. The van der Waals surface area contributed by atoms with Crippen LogP contribution in [0.3, 0.4) is 0 Å². The molecule has 3 N–H and O–H groups in total. The van der Waals surface area contributed by atoms with Crippen LogP contribution in [0.25, 0.3) is 0 Å². The fourth-order valence-electron chi connectivity index (χ4n) is 1.81. The monoisotopic (exact) mass is 306 g/mol. The van der Waals surface area contributed by atoms with Crippen LogP contribution in [0.5, 0.6) is 0 Å². The molecule has 1 heterocycles. The van der Waals surface area contributed by atoms with Crippen LogP contribution in [0.2, 0.25) is 0 Å². The van der Waals surface area contributed by atoms with E-state index in [0.717, 1.165) is 0 Å². The van der Waals surface area contributed by atoms with Crippen molar-refractivity contribution in [2.45, 2.75) is 6.54 Å². The van der Waals surface area contributed by atoms with Gasteiger partial charge in [-0.05, 0) is 18.2 Å². The summed E-state index contributed by atoms with van der Waals surface area (Å²) in [6.07, 6.45) is 1.20. The smallest absolute Gasteiger partial charge is 0.325 e. The second kappa shape index (κ2) is 6.25. The van der Waals surface area contributed by atoms with Crippen LogP contribution >= 0.6 is 0 Å². The van der Waals surface area contributed by atoms with Crippen LogP contribution in [0.4, 0.5) is 10.1 Å². The van der Waals surface area contributed by atoms with Crippen molar-refractivity contribution in [2.24, 2.45) is 0 Å². The topological polar surface area (TPSA) is 98.1 Å². The third-order valence-electron chi connectivity index (χ3n) is 3.05. The van der Waals surface area contributed by atoms with Gasteiger partial charge in [0.25, 0.3) is 11.5 Å². The van der Waals surface area contributed by atoms with E-state index in [0.29, 0.717) is 5.69 Å². The molecule has 1 aromatic carbocycles. The van der Waals surface area contributed by atoms with Crippen molar-refractivity contribution in [3.63, 3.8) is 0 Å². The third kappa shape index (κ3) is 3.40. The molecule has 0 saturated carbocycles. The number of aromatic amines is 2. The first-order valence-electron chi connectivity index (χ1n) is 6.44. The van der Waals surface area contributed by atoms with Gasteiger partial charge in [-0.15, -0.1) is 0 Å². The maximum absolute atomic E-state index is 13.9. The van der Waals surface area contributed by atoms with Crippen LogP contribution in [0, 0.1) is 5.82 Å². The van der Waals surface area contributed by atoms with Crippen molar-refractivity contribution in [2.75, 3.05) is 19.0 Å². The Morgan fingerprint density at radius 2 is 2.05 bits per heavy atom. The van der Waals surface area contributed by atoms with Gasteiger partial charge in [-0.2, -0.15) is 0 Å². The van der Waals surface area contributed by atoms with Gasteiger partial charge in [-0.1, -0.05) is 0 Å². The molecule has 0 aliphatic carbocycles. The molecule has 1 aromatic heterocycles. The Morgan fingerprint density at radius 1 is 1.32 bits per heavy atom. The number of halogens is 1. The molecule has 7 nitrogen and oxygen atoms in total. The number of amides is 1. The normalized spacial score (nSPS) is 10.3. The first-order valence-corrected chi connectivity index (χ1v) is 6.44. The number of rotatable bonds is 4. The number of benzene rings is 1. The minimum atomic E-state index is -0.654. The van der Waals surface area contributed by atoms with E-state index in [2.05, 4.69) is 10.3 Å². The summed E-state index contributed by atoms with van der Waals surface area (Å²) in [5.74, 6) is -1.30. The lowest BCUT2D eigenvalue weighted by Crippen LogP contribution is -2.30. The van der Waals surface area contributed by atoms with Crippen molar-refractivity contribution in [1.82, 2.24) is 15.3 Å². The number of carbonyl (C=O) groups excluding carboxylic acids is 1. The molecule has 0 radical (unpaired) electrons. The Morgan fingerprint density at radius 3 is 2.64 bits per heavy atom. The van der Waals surface area contributed by atoms with E-state index < -0.39 is 23.0 Å². The SMILES string of the molecule is CN(C)c1ccc(C(=O)NCc2c[nH]c(=O)[nH]c2=O)c(F)c1. The van der Waals surface area contributed by atoms with E-state index in [1.54, 1.807) is 25.1 Å². The second-order valence-corrected chi connectivity index (χ2v) is 4.84. The molecular formula is C14H15FN4O3. The summed E-state index contributed by atoms with van der Waals surface area (Å²) in [5.41, 5.74) is -0.561. The van der Waals surface area contributed by atoms with Gasteiger partial charge in [0, 0.05) is 32.5 Å². The van der Waals surface area contributed by atoms with E-state index in [9.17, 15) is 18.8 Å². The fourth-order valence-corrected chi connectivity index (χ4v) is 1.81. The molecule has 0 bridgehead atoms. The van der Waals surface area contributed by atoms with E-state index in [1.165, 1.54) is 18.3 Å². The molecule has 22 heavy (non-hydrogen) atoms. The van der Waals surface area contributed by atoms with E-state index >= 15 is 0 Å². The van der Waals surface area contributed by atoms with E-state index in [1.807, 2.05) is 4.98 Å². The number of hydrogen-bond donors (Lipinski definition) is 3. The summed E-state index contributed by atoms with van der Waals surface area (Å²) >= 11 is 0. The first kappa shape index (κ1) is 15.5. The van der Waals surface area contributed by atoms with Gasteiger partial charge in [-0.3, -0.25) is 14.6 Å². The van der Waals surface area contributed by atoms with Crippen molar-refractivity contribution in [3.05, 3.63) is 62.2 Å². The molecule has 0 atom stereocenters. The fraction of sp³-hybridized carbons (Fsp3) is 0.214. The summed E-state index contributed by atoms with van der Waals surface area (Å²) < 4.78 is 13.9. The molecule has 0 aliphatic heterocycles. The zero-order valence-corrected chi connectivity index (χ0v) is 12.1. The van der Waals surface area contributed by atoms with Crippen molar-refractivity contribution in [3.8, 4) is 0 Å². The summed E-state index contributed by atoms with van der Waals surface area (Å²) in [7, 11) is 3.52. The van der Waals surface area contributed by atoms with Crippen molar-refractivity contribution in [1.29, 1.82) is 0 Å². The van der Waals surface area contributed by atoms with Gasteiger partial charge in [0.05, 0.1) is 11.1 Å². The molecule has 0 unspecified atom stereocenters. The lowest BCUT2D eigenvalue weighted by atomic mass is 10.1. The average molecular weight is 306 g/mol. The number of H-pyrrole nitrogens is 2. The lowest BCUT2D eigenvalue weighted by molar-refractivity contribution is 0.0946. The van der Waals surface area contributed by atoms with Gasteiger partial charge in [0.2, 0.25) is 0 Å². The van der Waals surface area contributed by atoms with Crippen molar-refractivity contribution < 1.29 is 9.18 Å². The third-order valence-corrected chi connectivity index (χ3v) is 3.05. The first-order chi connectivity index (χ1) is 10.4. The maximum atomic E-state index is 13.9. The Labute approximate surface area is 124 Å². The molecule has 2 aromatic rings. The van der Waals surface area contributed by atoms with Crippen LogP contribution in [0.1, 0.15) is 15.9 Å². The zero-order valence-electron chi connectivity index (χ0n) is 12.1. The molecular weight excluding hydrogens is 291 g/mol. The lowest BCUT2D eigenvalue weighted by Gasteiger charge is -2.13. The van der Waals surface area contributed by atoms with Gasteiger partial charge in [-0.25, -0.2) is 9.18 Å². The Hall–Kier alpha value is -2.90. The minimum Gasteiger partial charge on any atom is -0.378 e. The molecule has 0 spiro atoms. The van der Waals surface area contributed by atoms with Crippen LogP contribution in [-0.2, 0) is 6.54 Å². The summed E-state index contributed by atoms with van der Waals surface area (Å²) in [6, 6.07) is 4.24. The van der Waals surface area contributed by atoms with E-state index in [4.69, 9.17) is 0 Å². The Bertz CT molecular complexity index is 810. The standard InChI is InChI=1S/C14H15FN4O3/c1-19(2)9-3-4-10(11(15)5-9)13(21)16-6-8-7-17-14(22)18-12(8)20/h3-5,7H,6H2,1-2H3,(H,16,21)(H2,17,18,20,22). The predicted molar refractivity (Wildman–Crippen MR) is 79.6 cm³/mol.